The van der Waals surface area contributed by atoms with E-state index in [1.165, 1.54) is 0 Å². The summed E-state index contributed by atoms with van der Waals surface area (Å²) in [5.74, 6) is 0. The van der Waals surface area contributed by atoms with Crippen LogP contribution in [0.1, 0.15) is 31.9 Å². The van der Waals surface area contributed by atoms with Crippen LogP contribution in [0.15, 0.2) is 59.5 Å². The SMILES string of the molecule is CCP(CC)(CC)(Cc1ccccc1)OS(=O)(=O)c1ccc(C)cc1. The average molecular weight is 380 g/mol. The summed E-state index contributed by atoms with van der Waals surface area (Å²) in [6.45, 7) is 5.22. The Labute approximate surface area is 152 Å². The monoisotopic (exact) mass is 380 g/mol. The zero-order valence-corrected chi connectivity index (χ0v) is 17.3. The normalized spacial score (nSPS) is 14.0. The van der Waals surface area contributed by atoms with Gasteiger partial charge in [-0.05, 0) is 0 Å². The van der Waals surface area contributed by atoms with Gasteiger partial charge in [0.15, 0.2) is 0 Å². The van der Waals surface area contributed by atoms with Crippen LogP contribution in [-0.4, -0.2) is 26.9 Å². The van der Waals surface area contributed by atoms with Crippen LogP contribution >= 0.6 is 6.83 Å². The third kappa shape index (κ3) is 4.31. The molecule has 0 aliphatic carbocycles. The number of hydrogen-bond acceptors (Lipinski definition) is 3. The Morgan fingerprint density at radius 1 is 0.840 bits per heavy atom. The minimum atomic E-state index is -3.79. The Morgan fingerprint density at radius 3 is 1.84 bits per heavy atom. The van der Waals surface area contributed by atoms with Gasteiger partial charge in [0.1, 0.15) is 0 Å². The predicted molar refractivity (Wildman–Crippen MR) is 108 cm³/mol. The molecule has 0 unspecified atom stereocenters. The second-order valence-electron chi connectivity index (χ2n) is 6.79. The van der Waals surface area contributed by atoms with Crippen LogP contribution < -0.4 is 0 Å². The summed E-state index contributed by atoms with van der Waals surface area (Å²) in [6, 6.07) is 17.0. The van der Waals surface area contributed by atoms with Crippen molar-refractivity contribution in [3.63, 3.8) is 0 Å². The molecule has 2 aromatic rings. The quantitative estimate of drug-likeness (QED) is 0.574. The standard InChI is InChI=1S/C20H29O3PS/c1-5-24(6-2,7-3,17-19-11-9-8-10-12-19)23-25(21,22)20-15-13-18(4)14-16-20/h8-16H,5-7,17H2,1-4H3. The molecule has 0 saturated carbocycles. The molecule has 0 bridgehead atoms. The van der Waals surface area contributed by atoms with Gasteiger partial charge < -0.3 is 0 Å². The molecule has 0 aliphatic rings. The maximum atomic E-state index is 13.0. The van der Waals surface area contributed by atoms with Crippen molar-refractivity contribution in [3.8, 4) is 0 Å². The first-order valence-corrected chi connectivity index (χ1v) is 13.2. The van der Waals surface area contributed by atoms with E-state index in [0.29, 0.717) is 6.16 Å². The number of rotatable bonds is 8. The van der Waals surface area contributed by atoms with E-state index in [4.69, 9.17) is 3.97 Å². The number of hydrogen-bond donors (Lipinski definition) is 0. The predicted octanol–water partition coefficient (Wildman–Crippen LogP) is 5.43. The van der Waals surface area contributed by atoms with Gasteiger partial charge in [0.25, 0.3) is 0 Å². The molecule has 2 aromatic carbocycles. The third-order valence-electron chi connectivity index (χ3n) is 5.44. The molecule has 25 heavy (non-hydrogen) atoms. The Morgan fingerprint density at radius 2 is 1.36 bits per heavy atom. The van der Waals surface area contributed by atoms with Crippen LogP contribution in [0.5, 0.6) is 0 Å². The van der Waals surface area contributed by atoms with E-state index in [9.17, 15) is 8.42 Å². The molecule has 2 rings (SSSR count). The van der Waals surface area contributed by atoms with Gasteiger partial charge in [-0.2, -0.15) is 0 Å². The fourth-order valence-electron chi connectivity index (χ4n) is 3.26. The Hall–Kier alpha value is -1.22. The molecule has 0 radical (unpaired) electrons. The van der Waals surface area contributed by atoms with Gasteiger partial charge in [-0.3, -0.25) is 0 Å². The van der Waals surface area contributed by atoms with Crippen LogP contribution in [-0.2, 0) is 20.3 Å². The summed E-state index contributed by atoms with van der Waals surface area (Å²) >= 11 is 0. The van der Waals surface area contributed by atoms with E-state index in [-0.39, 0.29) is 4.90 Å². The van der Waals surface area contributed by atoms with Crippen LogP contribution in [0.3, 0.4) is 0 Å². The van der Waals surface area contributed by atoms with Gasteiger partial charge in [-0.25, -0.2) is 0 Å². The van der Waals surface area contributed by atoms with Crippen molar-refractivity contribution >= 4 is 16.9 Å². The van der Waals surface area contributed by atoms with E-state index in [1.54, 1.807) is 12.1 Å². The summed E-state index contributed by atoms with van der Waals surface area (Å²) in [4.78, 5) is 0.246. The van der Waals surface area contributed by atoms with E-state index in [1.807, 2.05) is 37.3 Å². The summed E-state index contributed by atoms with van der Waals surface area (Å²) in [6.07, 6.45) is 2.94. The van der Waals surface area contributed by atoms with Gasteiger partial charge in [-0.15, -0.1) is 0 Å². The van der Waals surface area contributed by atoms with E-state index in [0.717, 1.165) is 29.6 Å². The van der Waals surface area contributed by atoms with Crippen LogP contribution in [0.2, 0.25) is 0 Å². The fourth-order valence-corrected chi connectivity index (χ4v) is 10.9. The molecule has 0 heterocycles. The first-order chi connectivity index (χ1) is 11.8. The Kier molecular flexibility index (Phi) is 6.09. The Balaban J connectivity index is 2.48. The number of aryl methyl sites for hydroxylation is 1. The van der Waals surface area contributed by atoms with Gasteiger partial charge in [0.05, 0.1) is 0 Å². The summed E-state index contributed by atoms with van der Waals surface area (Å²) in [5, 5.41) is 0. The number of benzene rings is 2. The molecule has 0 amide bonds. The van der Waals surface area contributed by atoms with Gasteiger partial charge in [0.2, 0.25) is 0 Å². The first kappa shape index (κ1) is 20.1. The molecule has 3 nitrogen and oxygen atoms in total. The molecule has 0 saturated heterocycles. The van der Waals surface area contributed by atoms with Crippen LogP contribution in [0, 0.1) is 6.92 Å². The van der Waals surface area contributed by atoms with Crippen molar-refractivity contribution < 1.29 is 12.4 Å². The van der Waals surface area contributed by atoms with Gasteiger partial charge >= 0.3 is 152 Å². The second kappa shape index (κ2) is 7.57. The maximum absolute atomic E-state index is 13.0. The molecule has 0 aliphatic heterocycles. The Bertz CT molecular complexity index is 784. The molecule has 0 aromatic heterocycles. The van der Waals surface area contributed by atoms with Crippen molar-refractivity contribution in [1.82, 2.24) is 0 Å². The van der Waals surface area contributed by atoms with Crippen LogP contribution in [0.25, 0.3) is 0 Å². The zero-order chi connectivity index (χ0) is 18.6. The molecule has 0 spiro atoms. The average Bonchev–Trinajstić information content (AvgIpc) is 2.62. The van der Waals surface area contributed by atoms with E-state index in [2.05, 4.69) is 32.9 Å². The zero-order valence-electron chi connectivity index (χ0n) is 15.6. The van der Waals surface area contributed by atoms with Crippen LogP contribution in [0.4, 0.5) is 0 Å². The minimum absolute atomic E-state index is 0.246. The first-order valence-electron chi connectivity index (χ1n) is 8.86. The van der Waals surface area contributed by atoms with E-state index >= 15 is 0 Å². The topological polar surface area (TPSA) is 43.4 Å². The molecule has 138 valence electrons. The van der Waals surface area contributed by atoms with Gasteiger partial charge in [-0.1, -0.05) is 0 Å². The van der Waals surface area contributed by atoms with Crippen molar-refractivity contribution in [2.24, 2.45) is 0 Å². The molecule has 0 fully saturated rings. The third-order valence-corrected chi connectivity index (χ3v) is 14.7. The fraction of sp³-hybridized carbons (Fsp3) is 0.400. The molecule has 0 N–H and O–H groups in total. The molecule has 0 atom stereocenters. The summed E-state index contributed by atoms with van der Waals surface area (Å²) in [5.41, 5.74) is 2.17. The molecule has 5 heteroatoms. The summed E-state index contributed by atoms with van der Waals surface area (Å²) in [7, 11) is -3.79. The molecular formula is C20H29O3PS. The van der Waals surface area contributed by atoms with Crippen molar-refractivity contribution in [3.05, 3.63) is 65.7 Å². The van der Waals surface area contributed by atoms with Crippen molar-refractivity contribution in [2.45, 2.75) is 38.8 Å². The van der Waals surface area contributed by atoms with E-state index < -0.39 is 16.9 Å². The van der Waals surface area contributed by atoms with Crippen molar-refractivity contribution in [1.29, 1.82) is 0 Å². The van der Waals surface area contributed by atoms with Gasteiger partial charge in [0, 0.05) is 0 Å². The molecular weight excluding hydrogens is 351 g/mol. The van der Waals surface area contributed by atoms with Crippen molar-refractivity contribution in [2.75, 3.05) is 18.5 Å². The summed E-state index contributed by atoms with van der Waals surface area (Å²) < 4.78 is 32.3. The second-order valence-corrected chi connectivity index (χ2v) is 14.7.